The summed E-state index contributed by atoms with van der Waals surface area (Å²) in [4.78, 5) is 21.1. The zero-order valence-electron chi connectivity index (χ0n) is 19.4. The molecular formula is C23H36N4O4. The number of amides is 1. The molecule has 172 valence electrons. The molecular weight excluding hydrogens is 396 g/mol. The second-order valence-corrected chi connectivity index (χ2v) is 8.76. The average molecular weight is 433 g/mol. The van der Waals surface area contributed by atoms with Crippen molar-refractivity contribution >= 4 is 12.1 Å². The lowest BCUT2D eigenvalue weighted by atomic mass is 10.1. The minimum Gasteiger partial charge on any atom is -0.490 e. The molecule has 0 saturated carbocycles. The van der Waals surface area contributed by atoms with Gasteiger partial charge in [-0.15, -0.1) is 0 Å². The summed E-state index contributed by atoms with van der Waals surface area (Å²) in [5.41, 5.74) is 0.708. The smallest absolute Gasteiger partial charge is 0.410 e. The Balaban J connectivity index is 1.49. The molecule has 1 aromatic rings. The van der Waals surface area contributed by atoms with E-state index in [-0.39, 0.29) is 12.1 Å². The number of carbonyl (C=O) groups excluding carboxylic acids is 1. The van der Waals surface area contributed by atoms with Crippen LogP contribution in [0.3, 0.4) is 0 Å². The van der Waals surface area contributed by atoms with Crippen LogP contribution in [0.25, 0.3) is 0 Å². The highest BCUT2D eigenvalue weighted by Crippen LogP contribution is 2.28. The number of guanidine groups is 1. The van der Waals surface area contributed by atoms with E-state index in [2.05, 4.69) is 27.3 Å². The number of piperazine rings is 1. The highest BCUT2D eigenvalue weighted by atomic mass is 16.6. The highest BCUT2D eigenvalue weighted by Gasteiger charge is 2.36. The fourth-order valence-electron chi connectivity index (χ4n) is 3.79. The van der Waals surface area contributed by atoms with Gasteiger partial charge in [0.25, 0.3) is 0 Å². The highest BCUT2D eigenvalue weighted by molar-refractivity contribution is 5.82. The number of nitrogens with zero attached hydrogens (tertiary/aromatic N) is 3. The first kappa shape index (κ1) is 23.0. The van der Waals surface area contributed by atoms with Crippen LogP contribution in [0.2, 0.25) is 0 Å². The third kappa shape index (κ3) is 6.18. The number of hydrogen-bond donors (Lipinski definition) is 1. The fourth-order valence-corrected chi connectivity index (χ4v) is 3.79. The van der Waals surface area contributed by atoms with Gasteiger partial charge in [0.05, 0.1) is 25.8 Å². The minimum absolute atomic E-state index is 0.207. The molecule has 31 heavy (non-hydrogen) atoms. The topological polar surface area (TPSA) is 75.6 Å². The largest absolute Gasteiger partial charge is 0.490 e. The molecule has 2 heterocycles. The molecule has 8 nitrogen and oxygen atoms in total. The number of rotatable bonds is 7. The number of fused-ring (bicyclic) bond motifs is 1. The number of benzene rings is 1. The van der Waals surface area contributed by atoms with Gasteiger partial charge in [-0.05, 0) is 58.7 Å². The Bertz CT molecular complexity index is 790. The molecule has 8 heteroatoms. The average Bonchev–Trinajstić information content (AvgIpc) is 3.11. The predicted octanol–water partition coefficient (Wildman–Crippen LogP) is 2.91. The van der Waals surface area contributed by atoms with Gasteiger partial charge in [-0.1, -0.05) is 6.07 Å². The Morgan fingerprint density at radius 2 is 1.90 bits per heavy atom. The van der Waals surface area contributed by atoms with Gasteiger partial charge < -0.3 is 29.3 Å². The van der Waals surface area contributed by atoms with Crippen LogP contribution in [-0.2, 0) is 11.2 Å². The monoisotopic (exact) mass is 432 g/mol. The van der Waals surface area contributed by atoms with Crippen LogP contribution < -0.4 is 14.8 Å². The molecule has 1 unspecified atom stereocenters. The zero-order chi connectivity index (χ0) is 22.4. The lowest BCUT2D eigenvalue weighted by Gasteiger charge is -2.39. The standard InChI is InChI=1S/C23H36N4O4/c1-6-29-19-9-8-17(14-20(19)30-7-2)10-11-24-21-25-15-18-16-26(12-13-27(18)21)22(28)31-23(3,4)5/h8-9,14,18H,6-7,10-13,15-16H2,1-5H3,(H,24,25). The van der Waals surface area contributed by atoms with Gasteiger partial charge in [0.1, 0.15) is 5.60 Å². The molecule has 3 rings (SSSR count). The Labute approximate surface area is 185 Å². The van der Waals surface area contributed by atoms with E-state index in [0.717, 1.165) is 37.0 Å². The van der Waals surface area contributed by atoms with E-state index in [0.29, 0.717) is 32.8 Å². The first-order chi connectivity index (χ1) is 14.8. The van der Waals surface area contributed by atoms with Crippen LogP contribution in [0.15, 0.2) is 23.2 Å². The summed E-state index contributed by atoms with van der Waals surface area (Å²) in [6, 6.07) is 6.31. The van der Waals surface area contributed by atoms with Crippen LogP contribution in [0.4, 0.5) is 4.79 Å². The van der Waals surface area contributed by atoms with E-state index in [1.54, 1.807) is 4.90 Å². The molecule has 1 atom stereocenters. The summed E-state index contributed by atoms with van der Waals surface area (Å²) >= 11 is 0. The summed E-state index contributed by atoms with van der Waals surface area (Å²) in [5, 5.41) is 3.47. The third-order valence-electron chi connectivity index (χ3n) is 5.16. The van der Waals surface area contributed by atoms with Gasteiger partial charge in [-0.25, -0.2) is 4.79 Å². The maximum atomic E-state index is 12.4. The Morgan fingerprint density at radius 3 is 2.61 bits per heavy atom. The van der Waals surface area contributed by atoms with E-state index in [9.17, 15) is 4.79 Å². The molecule has 1 N–H and O–H groups in total. The first-order valence-electron chi connectivity index (χ1n) is 11.2. The number of ether oxygens (including phenoxy) is 3. The Kier molecular flexibility index (Phi) is 7.51. The van der Waals surface area contributed by atoms with E-state index < -0.39 is 5.60 Å². The quantitative estimate of drug-likeness (QED) is 0.714. The molecule has 1 fully saturated rings. The molecule has 2 aliphatic rings. The number of aliphatic imine (C=N–C) groups is 1. The number of nitrogens with one attached hydrogen (secondary N) is 1. The van der Waals surface area contributed by atoms with E-state index in [4.69, 9.17) is 14.2 Å². The van der Waals surface area contributed by atoms with Crippen molar-refractivity contribution in [2.45, 2.75) is 52.7 Å². The lowest BCUT2D eigenvalue weighted by molar-refractivity contribution is 0.0137. The summed E-state index contributed by atoms with van der Waals surface area (Å²) in [7, 11) is 0. The van der Waals surface area contributed by atoms with Gasteiger partial charge in [0, 0.05) is 26.2 Å². The summed E-state index contributed by atoms with van der Waals surface area (Å²) in [6.45, 7) is 14.3. The predicted molar refractivity (Wildman–Crippen MR) is 121 cm³/mol. The van der Waals surface area contributed by atoms with Crippen molar-refractivity contribution in [1.82, 2.24) is 15.1 Å². The summed E-state index contributed by atoms with van der Waals surface area (Å²) in [5.74, 6) is 2.50. The van der Waals surface area contributed by atoms with Crippen molar-refractivity contribution in [3.63, 3.8) is 0 Å². The maximum absolute atomic E-state index is 12.4. The van der Waals surface area contributed by atoms with E-state index in [1.807, 2.05) is 40.7 Å². The van der Waals surface area contributed by atoms with Crippen LogP contribution >= 0.6 is 0 Å². The summed E-state index contributed by atoms with van der Waals surface area (Å²) in [6.07, 6.45) is 0.614. The molecule has 1 amide bonds. The minimum atomic E-state index is -0.476. The molecule has 0 aromatic heterocycles. The van der Waals surface area contributed by atoms with Gasteiger partial charge in [0.15, 0.2) is 17.5 Å². The summed E-state index contributed by atoms with van der Waals surface area (Å²) < 4.78 is 16.9. The zero-order valence-corrected chi connectivity index (χ0v) is 19.4. The molecule has 0 spiro atoms. The van der Waals surface area contributed by atoms with Gasteiger partial charge in [-0.3, -0.25) is 4.99 Å². The van der Waals surface area contributed by atoms with E-state index >= 15 is 0 Å². The van der Waals surface area contributed by atoms with Gasteiger partial charge in [-0.2, -0.15) is 0 Å². The maximum Gasteiger partial charge on any atom is 0.410 e. The normalized spacial score (nSPS) is 18.4. The van der Waals surface area contributed by atoms with Crippen molar-refractivity contribution in [1.29, 1.82) is 0 Å². The molecule has 2 aliphatic heterocycles. The molecule has 0 bridgehead atoms. The van der Waals surface area contributed by atoms with Crippen LogP contribution in [0, 0.1) is 0 Å². The van der Waals surface area contributed by atoms with E-state index in [1.165, 1.54) is 5.56 Å². The van der Waals surface area contributed by atoms with Gasteiger partial charge >= 0.3 is 6.09 Å². The Morgan fingerprint density at radius 1 is 1.16 bits per heavy atom. The number of carbonyl (C=O) groups is 1. The second-order valence-electron chi connectivity index (χ2n) is 8.76. The molecule has 0 radical (unpaired) electrons. The Hall–Kier alpha value is -2.64. The third-order valence-corrected chi connectivity index (χ3v) is 5.16. The molecule has 0 aliphatic carbocycles. The molecule has 1 saturated heterocycles. The molecule has 1 aromatic carbocycles. The second kappa shape index (κ2) is 10.1. The van der Waals surface area contributed by atoms with Crippen molar-refractivity contribution in [3.8, 4) is 11.5 Å². The fraction of sp³-hybridized carbons (Fsp3) is 0.652. The lowest BCUT2D eigenvalue weighted by Crippen LogP contribution is -2.57. The van der Waals surface area contributed by atoms with Crippen molar-refractivity contribution in [2.24, 2.45) is 4.99 Å². The van der Waals surface area contributed by atoms with Gasteiger partial charge in [0.2, 0.25) is 0 Å². The van der Waals surface area contributed by atoms with Crippen molar-refractivity contribution < 1.29 is 19.0 Å². The van der Waals surface area contributed by atoms with Crippen LogP contribution in [0.5, 0.6) is 11.5 Å². The van der Waals surface area contributed by atoms with Crippen molar-refractivity contribution in [3.05, 3.63) is 23.8 Å². The first-order valence-corrected chi connectivity index (χ1v) is 11.2. The SMILES string of the molecule is CCOc1ccc(CCNC2=NCC3CN(C(=O)OC(C)(C)C)CCN23)cc1OCC. The number of hydrogen-bond acceptors (Lipinski definition) is 7. The van der Waals surface area contributed by atoms with Crippen molar-refractivity contribution in [2.75, 3.05) is 45.9 Å². The van der Waals surface area contributed by atoms with Crippen LogP contribution in [0.1, 0.15) is 40.2 Å². The van der Waals surface area contributed by atoms with Crippen LogP contribution in [-0.4, -0.2) is 79.4 Å².